The summed E-state index contributed by atoms with van der Waals surface area (Å²) >= 11 is 0. The Hall–Kier alpha value is -0.395. The minimum atomic E-state index is 0. The SMILES string of the molecule is C=C(N(C)C)C(C)(C)C.CCC.[2HH].[B]. The topological polar surface area (TPSA) is 3.24 Å². The van der Waals surface area contributed by atoms with Gasteiger partial charge in [-0.3, -0.25) is 0 Å². The molecule has 0 unspecified atom stereocenters. The van der Waals surface area contributed by atoms with Crippen LogP contribution in [0.5, 0.6) is 0 Å². The lowest BCUT2D eigenvalue weighted by Crippen LogP contribution is -2.22. The average Bonchev–Trinajstić information content (AvgIpc) is 1.85. The van der Waals surface area contributed by atoms with Crippen LogP contribution in [0.2, 0.25) is 0 Å². The second-order valence-electron chi connectivity index (χ2n) is 4.30. The first-order valence-electron chi connectivity index (χ1n) is 4.64. The second-order valence-corrected chi connectivity index (χ2v) is 4.30. The summed E-state index contributed by atoms with van der Waals surface area (Å²) in [6.45, 7) is 14.7. The molecule has 13 heavy (non-hydrogen) atoms. The molecule has 0 bridgehead atoms. The number of rotatable bonds is 1. The molecule has 3 radical (unpaired) electrons. The lowest BCUT2D eigenvalue weighted by atomic mass is 9.92. The third-order valence-electron chi connectivity index (χ3n) is 1.41. The normalized spacial score (nSPS) is 9.15. The zero-order valence-corrected chi connectivity index (χ0v) is 10.4. The maximum Gasteiger partial charge on any atom is 0.0109 e. The molecular weight excluding hydrogens is 157 g/mol. The Labute approximate surface area is 88.3 Å². The molecule has 0 amide bonds. The van der Waals surface area contributed by atoms with Crippen molar-refractivity contribution in [2.75, 3.05) is 14.1 Å². The smallest absolute Gasteiger partial charge is 0.0109 e. The Balaban J connectivity index is -0.0000000891. The van der Waals surface area contributed by atoms with Gasteiger partial charge >= 0.3 is 0 Å². The minimum Gasteiger partial charge on any atom is -0.381 e. The van der Waals surface area contributed by atoms with E-state index in [1.54, 1.807) is 0 Å². The van der Waals surface area contributed by atoms with E-state index in [0.717, 1.165) is 0 Å². The minimum absolute atomic E-state index is 0. The van der Waals surface area contributed by atoms with Gasteiger partial charge in [0.2, 0.25) is 0 Å². The molecule has 79 valence electrons. The van der Waals surface area contributed by atoms with Crippen LogP contribution in [-0.2, 0) is 0 Å². The van der Waals surface area contributed by atoms with Gasteiger partial charge in [-0.25, -0.2) is 0 Å². The molecule has 0 saturated heterocycles. The quantitative estimate of drug-likeness (QED) is 0.566. The van der Waals surface area contributed by atoms with Gasteiger partial charge in [0, 0.05) is 35.0 Å². The zero-order valence-electron chi connectivity index (χ0n) is 10.4. The first-order valence-corrected chi connectivity index (χ1v) is 4.64. The molecule has 0 spiro atoms. The summed E-state index contributed by atoms with van der Waals surface area (Å²) < 4.78 is 0. The molecule has 0 aromatic carbocycles. The van der Waals surface area contributed by atoms with E-state index in [2.05, 4.69) is 46.1 Å². The van der Waals surface area contributed by atoms with Gasteiger partial charge in [0.25, 0.3) is 0 Å². The van der Waals surface area contributed by atoms with Crippen molar-refractivity contribution in [2.45, 2.75) is 41.0 Å². The molecule has 0 N–H and O–H groups in total. The molecule has 0 fully saturated rings. The van der Waals surface area contributed by atoms with Crippen LogP contribution in [0.15, 0.2) is 12.3 Å². The fraction of sp³-hybridized carbons (Fsp3) is 0.818. The van der Waals surface area contributed by atoms with E-state index in [1.165, 1.54) is 12.1 Å². The number of hydrogen-bond acceptors (Lipinski definition) is 1. The molecule has 2 heteroatoms. The van der Waals surface area contributed by atoms with Crippen molar-refractivity contribution in [1.29, 1.82) is 0 Å². The molecule has 0 aliphatic carbocycles. The van der Waals surface area contributed by atoms with Crippen LogP contribution in [0.25, 0.3) is 0 Å². The van der Waals surface area contributed by atoms with Crippen molar-refractivity contribution >= 4 is 8.41 Å². The number of allylic oxidation sites excluding steroid dienone is 1. The molecule has 0 aromatic heterocycles. The second kappa shape index (κ2) is 8.21. The van der Waals surface area contributed by atoms with Gasteiger partial charge in [-0.15, -0.1) is 0 Å². The third kappa shape index (κ3) is 11.6. The zero-order chi connectivity index (χ0) is 10.4. The monoisotopic (exact) mass is 185 g/mol. The molecule has 0 rings (SSSR count). The highest BCUT2D eigenvalue weighted by Crippen LogP contribution is 2.24. The van der Waals surface area contributed by atoms with Gasteiger partial charge in [0.05, 0.1) is 0 Å². The molecule has 1 nitrogen and oxygen atoms in total. The summed E-state index contributed by atoms with van der Waals surface area (Å²) in [6.07, 6.45) is 1.25. The highest BCUT2D eigenvalue weighted by molar-refractivity contribution is 5.75. The Kier molecular flexibility index (Phi) is 11.6. The summed E-state index contributed by atoms with van der Waals surface area (Å²) in [7, 11) is 4.04. The van der Waals surface area contributed by atoms with Crippen LogP contribution >= 0.6 is 0 Å². The van der Waals surface area contributed by atoms with Crippen molar-refractivity contribution in [3.8, 4) is 0 Å². The van der Waals surface area contributed by atoms with Crippen LogP contribution in [0.3, 0.4) is 0 Å². The Bertz CT molecular complexity index is 128. The van der Waals surface area contributed by atoms with Gasteiger partial charge in [0.1, 0.15) is 0 Å². The summed E-state index contributed by atoms with van der Waals surface area (Å²) in [4.78, 5) is 2.06. The van der Waals surface area contributed by atoms with Crippen molar-refractivity contribution in [3.05, 3.63) is 12.3 Å². The summed E-state index contributed by atoms with van der Waals surface area (Å²) in [5, 5.41) is 0. The van der Waals surface area contributed by atoms with E-state index in [0.29, 0.717) is 0 Å². The maximum absolute atomic E-state index is 3.95. The van der Waals surface area contributed by atoms with E-state index in [-0.39, 0.29) is 15.3 Å². The van der Waals surface area contributed by atoms with Gasteiger partial charge in [-0.2, -0.15) is 0 Å². The fourth-order valence-electron chi connectivity index (χ4n) is 0.671. The van der Waals surface area contributed by atoms with E-state index in [1.807, 2.05) is 14.1 Å². The van der Waals surface area contributed by atoms with Gasteiger partial charge in [0.15, 0.2) is 0 Å². The van der Waals surface area contributed by atoms with Crippen LogP contribution in [0, 0.1) is 5.41 Å². The van der Waals surface area contributed by atoms with Crippen molar-refractivity contribution in [3.63, 3.8) is 0 Å². The van der Waals surface area contributed by atoms with E-state index < -0.39 is 0 Å². The van der Waals surface area contributed by atoms with Crippen molar-refractivity contribution < 1.29 is 1.43 Å². The number of nitrogens with zero attached hydrogens (tertiary/aromatic N) is 1. The van der Waals surface area contributed by atoms with Crippen molar-refractivity contribution in [2.24, 2.45) is 5.41 Å². The molecule has 0 heterocycles. The Morgan fingerprint density at radius 1 is 1.23 bits per heavy atom. The molecule has 0 atom stereocenters. The lowest BCUT2D eigenvalue weighted by molar-refractivity contribution is 0.355. The Morgan fingerprint density at radius 3 is 1.46 bits per heavy atom. The van der Waals surface area contributed by atoms with E-state index in [9.17, 15) is 0 Å². The highest BCUT2D eigenvalue weighted by atomic mass is 15.1. The Morgan fingerprint density at radius 2 is 1.46 bits per heavy atom. The summed E-state index contributed by atoms with van der Waals surface area (Å²) in [5.41, 5.74) is 1.38. The maximum atomic E-state index is 3.95. The van der Waals surface area contributed by atoms with E-state index >= 15 is 0 Å². The predicted molar refractivity (Wildman–Crippen MR) is 66.1 cm³/mol. The largest absolute Gasteiger partial charge is 0.381 e. The summed E-state index contributed by atoms with van der Waals surface area (Å²) in [6, 6.07) is 0. The first kappa shape index (κ1) is 18.4. The number of hydrogen-bond donors (Lipinski definition) is 0. The van der Waals surface area contributed by atoms with Crippen LogP contribution in [-0.4, -0.2) is 27.4 Å². The fourth-order valence-corrected chi connectivity index (χ4v) is 0.671. The standard InChI is InChI=1S/C8H17N.C3H8.B.H2/c1-7(9(5)6)8(2,3)4;1-3-2;;/h1H2,2-6H3;3H2,1-2H3;;1H/i;;;1+1. The highest BCUT2D eigenvalue weighted by Gasteiger charge is 2.15. The first-order chi connectivity index (χ1) is 5.27. The van der Waals surface area contributed by atoms with Gasteiger partial charge in [-0.1, -0.05) is 47.6 Å². The molecule has 0 aromatic rings. The van der Waals surface area contributed by atoms with Crippen molar-refractivity contribution in [1.82, 2.24) is 4.90 Å². The third-order valence-corrected chi connectivity index (χ3v) is 1.41. The molecule has 0 aliphatic heterocycles. The summed E-state index contributed by atoms with van der Waals surface area (Å²) in [5.74, 6) is 0. The predicted octanol–water partition coefficient (Wildman–Crippen LogP) is 3.39. The average molecular weight is 185 g/mol. The van der Waals surface area contributed by atoms with Crippen LogP contribution in [0.1, 0.15) is 42.5 Å². The van der Waals surface area contributed by atoms with Crippen LogP contribution < -0.4 is 0 Å². The van der Waals surface area contributed by atoms with Gasteiger partial charge < -0.3 is 4.90 Å². The molecule has 0 aliphatic rings. The lowest BCUT2D eigenvalue weighted by Gasteiger charge is -2.27. The van der Waals surface area contributed by atoms with E-state index in [4.69, 9.17) is 0 Å². The molecule has 0 saturated carbocycles. The molecular formula is C11H27BN. The van der Waals surface area contributed by atoms with Crippen LogP contribution in [0.4, 0.5) is 0 Å². The van der Waals surface area contributed by atoms with Gasteiger partial charge in [-0.05, 0) is 0 Å².